The van der Waals surface area contributed by atoms with Gasteiger partial charge in [0.2, 0.25) is 0 Å². The molecule has 1 fully saturated rings. The van der Waals surface area contributed by atoms with Crippen molar-refractivity contribution in [1.29, 1.82) is 0 Å². The highest BCUT2D eigenvalue weighted by molar-refractivity contribution is 6.09. The third-order valence-electron chi connectivity index (χ3n) is 4.76. The molecule has 0 spiro atoms. The van der Waals surface area contributed by atoms with Crippen LogP contribution in [0.1, 0.15) is 40.7 Å². The smallest absolute Gasteiger partial charge is 0.270 e. The molecule has 0 aromatic heterocycles. The van der Waals surface area contributed by atoms with E-state index in [1.54, 1.807) is 6.07 Å². The molecule has 1 saturated heterocycles. The maximum absolute atomic E-state index is 12.9. The van der Waals surface area contributed by atoms with Crippen molar-refractivity contribution in [3.63, 3.8) is 0 Å². The fourth-order valence-corrected chi connectivity index (χ4v) is 3.37. The predicted molar refractivity (Wildman–Crippen MR) is 103 cm³/mol. The maximum Gasteiger partial charge on any atom is 0.270 e. The molecule has 0 radical (unpaired) electrons. The number of piperidine rings is 1. The average Bonchev–Trinajstić information content (AvgIpc) is 2.64. The van der Waals surface area contributed by atoms with Gasteiger partial charge >= 0.3 is 0 Å². The highest BCUT2D eigenvalue weighted by atomic mass is 16.6. The third kappa shape index (κ3) is 3.85. The van der Waals surface area contributed by atoms with Crippen molar-refractivity contribution in [3.8, 4) is 0 Å². The number of benzene rings is 2. The van der Waals surface area contributed by atoms with Crippen LogP contribution in [0.15, 0.2) is 36.4 Å². The molecule has 2 aromatic rings. The fraction of sp³-hybridized carbons (Fsp3) is 0.350. The largest absolute Gasteiger partial charge is 0.371 e. The van der Waals surface area contributed by atoms with Crippen LogP contribution in [0.2, 0.25) is 0 Å². The summed E-state index contributed by atoms with van der Waals surface area (Å²) < 4.78 is 0. The molecular weight excluding hydrogens is 330 g/mol. The number of nitrogens with one attached hydrogen (secondary N) is 1. The second-order valence-corrected chi connectivity index (χ2v) is 6.78. The van der Waals surface area contributed by atoms with Crippen LogP contribution >= 0.6 is 0 Å². The SMILES string of the molecule is Cc1ccc(NC(=O)c2cc([N+](=O)[O-])ccc2N2CCCCC2)c(C)c1. The second-order valence-electron chi connectivity index (χ2n) is 6.78. The summed E-state index contributed by atoms with van der Waals surface area (Å²) in [6.45, 7) is 5.65. The third-order valence-corrected chi connectivity index (χ3v) is 4.76. The van der Waals surface area contributed by atoms with Crippen LogP contribution in [-0.4, -0.2) is 23.9 Å². The lowest BCUT2D eigenvalue weighted by Gasteiger charge is -2.30. The lowest BCUT2D eigenvalue weighted by molar-refractivity contribution is -0.384. The van der Waals surface area contributed by atoms with Crippen molar-refractivity contribution >= 4 is 23.0 Å². The molecule has 26 heavy (non-hydrogen) atoms. The summed E-state index contributed by atoms with van der Waals surface area (Å²) in [4.78, 5) is 25.8. The Balaban J connectivity index is 1.95. The van der Waals surface area contributed by atoms with Crippen molar-refractivity contribution in [1.82, 2.24) is 0 Å². The Kier molecular flexibility index (Phi) is 5.21. The molecule has 1 amide bonds. The molecule has 0 atom stereocenters. The molecule has 0 bridgehead atoms. The normalized spacial score (nSPS) is 14.2. The molecule has 6 heteroatoms. The van der Waals surface area contributed by atoms with E-state index in [9.17, 15) is 14.9 Å². The van der Waals surface area contributed by atoms with Gasteiger partial charge in [-0.2, -0.15) is 0 Å². The van der Waals surface area contributed by atoms with Gasteiger partial charge in [0, 0.05) is 30.9 Å². The number of carbonyl (C=O) groups excluding carboxylic acids is 1. The van der Waals surface area contributed by atoms with Crippen molar-refractivity contribution in [2.24, 2.45) is 0 Å². The Morgan fingerprint density at radius 2 is 1.81 bits per heavy atom. The highest BCUT2D eigenvalue weighted by Crippen LogP contribution is 2.29. The van der Waals surface area contributed by atoms with Crippen LogP contribution < -0.4 is 10.2 Å². The number of hydrogen-bond acceptors (Lipinski definition) is 4. The number of nitrogens with zero attached hydrogens (tertiary/aromatic N) is 2. The summed E-state index contributed by atoms with van der Waals surface area (Å²) in [6.07, 6.45) is 3.30. The number of hydrogen-bond donors (Lipinski definition) is 1. The molecule has 2 aromatic carbocycles. The van der Waals surface area contributed by atoms with E-state index in [0.717, 1.165) is 48.4 Å². The Bertz CT molecular complexity index is 842. The van der Waals surface area contributed by atoms with E-state index < -0.39 is 4.92 Å². The van der Waals surface area contributed by atoms with Crippen LogP contribution in [0.25, 0.3) is 0 Å². The number of anilines is 2. The summed E-state index contributed by atoms with van der Waals surface area (Å²) in [5, 5.41) is 14.1. The summed E-state index contributed by atoms with van der Waals surface area (Å²) in [5.74, 6) is -0.318. The first-order chi connectivity index (χ1) is 12.5. The van der Waals surface area contributed by atoms with E-state index in [1.165, 1.54) is 18.6 Å². The Hall–Kier alpha value is -2.89. The first kappa shape index (κ1) is 17.9. The molecule has 1 heterocycles. The van der Waals surface area contributed by atoms with Gasteiger partial charge in [-0.05, 0) is 50.8 Å². The Labute approximate surface area is 153 Å². The molecule has 0 aliphatic carbocycles. The van der Waals surface area contributed by atoms with Gasteiger partial charge in [-0.3, -0.25) is 14.9 Å². The van der Waals surface area contributed by atoms with Gasteiger partial charge in [0.25, 0.3) is 11.6 Å². The van der Waals surface area contributed by atoms with Crippen LogP contribution in [0, 0.1) is 24.0 Å². The zero-order valence-electron chi connectivity index (χ0n) is 15.1. The van der Waals surface area contributed by atoms with Crippen LogP contribution in [0.3, 0.4) is 0 Å². The first-order valence-electron chi connectivity index (χ1n) is 8.88. The van der Waals surface area contributed by atoms with Gasteiger partial charge < -0.3 is 10.2 Å². The van der Waals surface area contributed by atoms with Crippen LogP contribution in [0.4, 0.5) is 17.1 Å². The first-order valence-corrected chi connectivity index (χ1v) is 8.88. The minimum Gasteiger partial charge on any atom is -0.371 e. The molecule has 3 rings (SSSR count). The molecule has 6 nitrogen and oxygen atoms in total. The minimum atomic E-state index is -0.464. The monoisotopic (exact) mass is 353 g/mol. The number of carbonyl (C=O) groups is 1. The van der Waals surface area contributed by atoms with Gasteiger partial charge in [0.15, 0.2) is 0 Å². The van der Waals surface area contributed by atoms with Gasteiger partial charge in [-0.15, -0.1) is 0 Å². The van der Waals surface area contributed by atoms with E-state index in [2.05, 4.69) is 10.2 Å². The van der Waals surface area contributed by atoms with Gasteiger partial charge in [0.1, 0.15) is 0 Å². The molecule has 0 saturated carbocycles. The van der Waals surface area contributed by atoms with E-state index in [4.69, 9.17) is 0 Å². The molecule has 1 N–H and O–H groups in total. The van der Waals surface area contributed by atoms with Crippen molar-refractivity contribution < 1.29 is 9.72 Å². The van der Waals surface area contributed by atoms with E-state index in [1.807, 2.05) is 32.0 Å². The lowest BCUT2D eigenvalue weighted by Crippen LogP contribution is -2.31. The standard InChI is InChI=1S/C20H23N3O3/c1-14-6-8-18(15(2)12-14)21-20(24)17-13-16(23(25)26)7-9-19(17)22-10-4-3-5-11-22/h6-9,12-13H,3-5,10-11H2,1-2H3,(H,21,24). The highest BCUT2D eigenvalue weighted by Gasteiger charge is 2.22. The van der Waals surface area contributed by atoms with Gasteiger partial charge in [-0.1, -0.05) is 17.7 Å². The second kappa shape index (κ2) is 7.56. The van der Waals surface area contributed by atoms with Crippen molar-refractivity contribution in [3.05, 3.63) is 63.2 Å². The number of non-ortho nitro benzene ring substituents is 1. The van der Waals surface area contributed by atoms with E-state index in [0.29, 0.717) is 5.56 Å². The van der Waals surface area contributed by atoms with E-state index in [-0.39, 0.29) is 11.6 Å². The summed E-state index contributed by atoms with van der Waals surface area (Å²) >= 11 is 0. The number of nitro benzene ring substituents is 1. The number of rotatable bonds is 4. The van der Waals surface area contributed by atoms with Crippen molar-refractivity contribution in [2.45, 2.75) is 33.1 Å². The summed E-state index contributed by atoms with van der Waals surface area (Å²) in [6, 6.07) is 10.3. The minimum absolute atomic E-state index is 0.0727. The number of amides is 1. The molecule has 136 valence electrons. The zero-order valence-corrected chi connectivity index (χ0v) is 15.1. The topological polar surface area (TPSA) is 75.5 Å². The lowest BCUT2D eigenvalue weighted by atomic mass is 10.1. The number of nitro groups is 1. The molecular formula is C20H23N3O3. The Morgan fingerprint density at radius 1 is 1.08 bits per heavy atom. The molecule has 0 unspecified atom stereocenters. The summed E-state index contributed by atoms with van der Waals surface area (Å²) in [7, 11) is 0. The number of aryl methyl sites for hydroxylation is 2. The zero-order chi connectivity index (χ0) is 18.7. The Morgan fingerprint density at radius 3 is 2.46 bits per heavy atom. The van der Waals surface area contributed by atoms with Gasteiger partial charge in [-0.25, -0.2) is 0 Å². The van der Waals surface area contributed by atoms with Gasteiger partial charge in [0.05, 0.1) is 16.2 Å². The quantitative estimate of drug-likeness (QED) is 0.651. The summed E-state index contributed by atoms with van der Waals surface area (Å²) in [5.41, 5.74) is 3.83. The molecule has 1 aliphatic heterocycles. The molecule has 1 aliphatic rings. The average molecular weight is 353 g/mol. The predicted octanol–water partition coefficient (Wildman–Crippen LogP) is 4.45. The van der Waals surface area contributed by atoms with E-state index >= 15 is 0 Å². The van der Waals surface area contributed by atoms with Crippen LogP contribution in [0.5, 0.6) is 0 Å². The fourth-order valence-electron chi connectivity index (χ4n) is 3.37. The van der Waals surface area contributed by atoms with Crippen LogP contribution in [-0.2, 0) is 0 Å². The van der Waals surface area contributed by atoms with Crippen molar-refractivity contribution in [2.75, 3.05) is 23.3 Å². The maximum atomic E-state index is 12.9.